The van der Waals surface area contributed by atoms with Crippen molar-refractivity contribution in [1.29, 1.82) is 0 Å². The first kappa shape index (κ1) is 16.9. The molecule has 2 aromatic carbocycles. The van der Waals surface area contributed by atoms with Gasteiger partial charge >= 0.3 is 0 Å². The monoisotopic (exact) mass is 341 g/mol. The van der Waals surface area contributed by atoms with Gasteiger partial charge in [-0.1, -0.05) is 24.3 Å². The summed E-state index contributed by atoms with van der Waals surface area (Å²) >= 11 is 1.86. The molecule has 3 rings (SSSR count). The zero-order chi connectivity index (χ0) is 16.8. The first-order chi connectivity index (χ1) is 11.8. The third kappa shape index (κ3) is 4.10. The van der Waals surface area contributed by atoms with Crippen LogP contribution < -0.4 is 10.1 Å². The fraction of sp³-hybridized carbons (Fsp3) is 0.316. The van der Waals surface area contributed by atoms with E-state index in [1.54, 1.807) is 7.11 Å². The van der Waals surface area contributed by atoms with E-state index >= 15 is 0 Å². The van der Waals surface area contributed by atoms with Crippen molar-refractivity contribution >= 4 is 22.8 Å². The van der Waals surface area contributed by atoms with E-state index in [0.29, 0.717) is 0 Å². The van der Waals surface area contributed by atoms with E-state index < -0.39 is 0 Å². The second-order valence-corrected chi connectivity index (χ2v) is 6.69. The third-order valence-electron chi connectivity index (χ3n) is 4.06. The quantitative estimate of drug-likeness (QED) is 0.646. The summed E-state index contributed by atoms with van der Waals surface area (Å²) in [7, 11) is 1.69. The van der Waals surface area contributed by atoms with Crippen LogP contribution in [0.3, 0.4) is 0 Å². The summed E-state index contributed by atoms with van der Waals surface area (Å²) in [5, 5.41) is 3.64. The zero-order valence-electron chi connectivity index (χ0n) is 14.1. The normalized spacial score (nSPS) is 12.4. The summed E-state index contributed by atoms with van der Waals surface area (Å²) in [4.78, 5) is 8.21. The van der Waals surface area contributed by atoms with Crippen LogP contribution in [0.15, 0.2) is 48.5 Å². The van der Waals surface area contributed by atoms with Gasteiger partial charge in [-0.05, 0) is 48.3 Å². The highest BCUT2D eigenvalue weighted by molar-refractivity contribution is 7.98. The van der Waals surface area contributed by atoms with Gasteiger partial charge < -0.3 is 15.0 Å². The molecule has 3 aromatic rings. The lowest BCUT2D eigenvalue weighted by atomic mass is 10.1. The Kier molecular flexibility index (Phi) is 5.77. The summed E-state index contributed by atoms with van der Waals surface area (Å²) in [6, 6.07) is 16.6. The second-order valence-electron chi connectivity index (χ2n) is 5.70. The number of rotatable bonds is 8. The van der Waals surface area contributed by atoms with Crippen molar-refractivity contribution in [1.82, 2.24) is 15.3 Å². The SMILES string of the molecule is COc1ccc(CN[C@@H](CCSC)c2nc3ccccc3[nH]2)cc1. The predicted octanol–water partition coefficient (Wildman–Crippen LogP) is 4.16. The molecule has 4 nitrogen and oxygen atoms in total. The van der Waals surface area contributed by atoms with E-state index in [1.807, 2.05) is 42.1 Å². The van der Waals surface area contributed by atoms with Crippen molar-refractivity contribution in [2.24, 2.45) is 0 Å². The minimum absolute atomic E-state index is 0.215. The van der Waals surface area contributed by atoms with E-state index in [9.17, 15) is 0 Å². The van der Waals surface area contributed by atoms with Crippen LogP contribution in [0.25, 0.3) is 11.0 Å². The Bertz CT molecular complexity index is 737. The molecule has 1 heterocycles. The van der Waals surface area contributed by atoms with Crippen molar-refractivity contribution < 1.29 is 4.74 Å². The van der Waals surface area contributed by atoms with E-state index in [2.05, 4.69) is 34.8 Å². The molecular formula is C19H23N3OS. The number of imidazole rings is 1. The largest absolute Gasteiger partial charge is 0.497 e. The fourth-order valence-corrected chi connectivity index (χ4v) is 3.16. The van der Waals surface area contributed by atoms with Crippen molar-refractivity contribution in [3.05, 3.63) is 59.9 Å². The van der Waals surface area contributed by atoms with Gasteiger partial charge in [0.2, 0.25) is 0 Å². The lowest BCUT2D eigenvalue weighted by molar-refractivity contribution is 0.414. The van der Waals surface area contributed by atoms with Gasteiger partial charge in [-0.25, -0.2) is 4.98 Å². The molecule has 1 atom stereocenters. The molecule has 0 radical (unpaired) electrons. The lowest BCUT2D eigenvalue weighted by Crippen LogP contribution is -2.22. The number of nitrogens with one attached hydrogen (secondary N) is 2. The van der Waals surface area contributed by atoms with E-state index in [0.717, 1.165) is 41.3 Å². The molecule has 5 heteroatoms. The number of aromatic amines is 1. The van der Waals surface area contributed by atoms with Crippen LogP contribution >= 0.6 is 11.8 Å². The summed E-state index contributed by atoms with van der Waals surface area (Å²) in [5.74, 6) is 2.99. The number of methoxy groups -OCH3 is 1. The number of aromatic nitrogens is 2. The third-order valence-corrected chi connectivity index (χ3v) is 4.70. The maximum Gasteiger partial charge on any atom is 0.124 e. The summed E-state index contributed by atoms with van der Waals surface area (Å²) in [6.07, 6.45) is 3.18. The smallest absolute Gasteiger partial charge is 0.124 e. The van der Waals surface area contributed by atoms with Crippen LogP contribution in [0.4, 0.5) is 0 Å². The van der Waals surface area contributed by atoms with Crippen LogP contribution in [0, 0.1) is 0 Å². The van der Waals surface area contributed by atoms with Gasteiger partial charge in [-0.3, -0.25) is 0 Å². The summed E-state index contributed by atoms with van der Waals surface area (Å²) < 4.78 is 5.21. The molecule has 24 heavy (non-hydrogen) atoms. The Morgan fingerprint density at radius 1 is 1.17 bits per heavy atom. The highest BCUT2D eigenvalue weighted by Gasteiger charge is 2.15. The highest BCUT2D eigenvalue weighted by Crippen LogP contribution is 2.21. The average molecular weight is 341 g/mol. The number of thioether (sulfide) groups is 1. The molecule has 0 amide bonds. The van der Waals surface area contributed by atoms with Crippen LogP contribution in [-0.4, -0.2) is 29.1 Å². The summed E-state index contributed by atoms with van der Waals surface area (Å²) in [5.41, 5.74) is 3.35. The number of nitrogens with zero attached hydrogens (tertiary/aromatic N) is 1. The number of hydrogen-bond donors (Lipinski definition) is 2. The van der Waals surface area contributed by atoms with E-state index in [1.165, 1.54) is 5.56 Å². The predicted molar refractivity (Wildman–Crippen MR) is 102 cm³/mol. The Morgan fingerprint density at radius 3 is 2.67 bits per heavy atom. The number of benzene rings is 2. The molecule has 0 saturated heterocycles. The average Bonchev–Trinajstić information content (AvgIpc) is 3.06. The Labute approximate surface area is 147 Å². The molecular weight excluding hydrogens is 318 g/mol. The van der Waals surface area contributed by atoms with Crippen LogP contribution in [0.2, 0.25) is 0 Å². The molecule has 0 aliphatic carbocycles. The minimum atomic E-state index is 0.215. The molecule has 0 aliphatic heterocycles. The maximum absolute atomic E-state index is 5.21. The Hall–Kier alpha value is -1.98. The lowest BCUT2D eigenvalue weighted by Gasteiger charge is -2.16. The molecule has 0 saturated carbocycles. The molecule has 0 spiro atoms. The van der Waals surface area contributed by atoms with Crippen LogP contribution in [0.5, 0.6) is 5.75 Å². The van der Waals surface area contributed by atoms with Gasteiger partial charge in [0.25, 0.3) is 0 Å². The maximum atomic E-state index is 5.21. The first-order valence-electron chi connectivity index (χ1n) is 8.10. The fourth-order valence-electron chi connectivity index (χ4n) is 2.69. The van der Waals surface area contributed by atoms with Gasteiger partial charge in [0.1, 0.15) is 11.6 Å². The molecule has 126 valence electrons. The van der Waals surface area contributed by atoms with Gasteiger partial charge in [0, 0.05) is 6.54 Å². The van der Waals surface area contributed by atoms with Gasteiger partial charge in [-0.15, -0.1) is 0 Å². The number of hydrogen-bond acceptors (Lipinski definition) is 4. The Morgan fingerprint density at radius 2 is 1.96 bits per heavy atom. The molecule has 0 aliphatic rings. The number of ether oxygens (including phenoxy) is 1. The van der Waals surface area contributed by atoms with Crippen LogP contribution in [0.1, 0.15) is 23.9 Å². The molecule has 0 fully saturated rings. The van der Waals surface area contributed by atoms with Crippen molar-refractivity contribution in [2.45, 2.75) is 19.0 Å². The molecule has 2 N–H and O–H groups in total. The van der Waals surface area contributed by atoms with E-state index in [-0.39, 0.29) is 6.04 Å². The van der Waals surface area contributed by atoms with Crippen molar-refractivity contribution in [2.75, 3.05) is 19.1 Å². The highest BCUT2D eigenvalue weighted by atomic mass is 32.2. The number of para-hydroxylation sites is 2. The van der Waals surface area contributed by atoms with Gasteiger partial charge in [0.15, 0.2) is 0 Å². The van der Waals surface area contributed by atoms with Crippen LogP contribution in [-0.2, 0) is 6.54 Å². The van der Waals surface area contributed by atoms with Crippen molar-refractivity contribution in [3.8, 4) is 5.75 Å². The first-order valence-corrected chi connectivity index (χ1v) is 9.49. The molecule has 0 unspecified atom stereocenters. The zero-order valence-corrected chi connectivity index (χ0v) is 14.9. The second kappa shape index (κ2) is 8.22. The molecule has 1 aromatic heterocycles. The van der Waals surface area contributed by atoms with Gasteiger partial charge in [-0.2, -0.15) is 11.8 Å². The topological polar surface area (TPSA) is 49.9 Å². The van der Waals surface area contributed by atoms with Crippen molar-refractivity contribution in [3.63, 3.8) is 0 Å². The standard InChI is InChI=1S/C19H23N3OS/c1-23-15-9-7-14(8-10-15)13-20-18(11-12-24-2)19-21-16-5-3-4-6-17(16)22-19/h3-10,18,20H,11-13H2,1-2H3,(H,21,22)/t18-/m0/s1. The summed E-state index contributed by atoms with van der Waals surface area (Å²) in [6.45, 7) is 0.806. The number of H-pyrrole nitrogens is 1. The number of fused-ring (bicyclic) bond motifs is 1. The van der Waals surface area contributed by atoms with E-state index in [4.69, 9.17) is 9.72 Å². The van der Waals surface area contributed by atoms with Gasteiger partial charge in [0.05, 0.1) is 24.2 Å². The molecule has 0 bridgehead atoms. The Balaban J connectivity index is 1.72. The minimum Gasteiger partial charge on any atom is -0.497 e.